The van der Waals surface area contributed by atoms with Crippen molar-refractivity contribution < 1.29 is 4.79 Å². The highest BCUT2D eigenvalue weighted by atomic mass is 127. The van der Waals surface area contributed by atoms with E-state index in [2.05, 4.69) is 0 Å². The van der Waals surface area contributed by atoms with E-state index in [4.69, 9.17) is 0 Å². The highest BCUT2D eigenvalue weighted by molar-refractivity contribution is 14.1. The maximum atomic E-state index is 10.5. The summed E-state index contributed by atoms with van der Waals surface area (Å²) in [6.45, 7) is 0. The fourth-order valence-corrected chi connectivity index (χ4v) is 0.998. The number of carbonyl (C=O) groups is 1. The summed E-state index contributed by atoms with van der Waals surface area (Å²) in [5.41, 5.74) is 0. The fraction of sp³-hybridized carbons (Fsp3) is 0.167. The molecule has 0 bridgehead atoms. The van der Waals surface area contributed by atoms with Gasteiger partial charge in [-0.25, -0.2) is 0 Å². The van der Waals surface area contributed by atoms with Crippen molar-refractivity contribution in [1.82, 2.24) is 0 Å². The van der Waals surface area contributed by atoms with Gasteiger partial charge in [-0.15, -0.1) is 0 Å². The summed E-state index contributed by atoms with van der Waals surface area (Å²) in [6.07, 6.45) is 7.55. The zero-order valence-electron chi connectivity index (χ0n) is 4.17. The third-order valence-corrected chi connectivity index (χ3v) is 1.73. The summed E-state index contributed by atoms with van der Waals surface area (Å²) in [5.74, 6) is 0.0515. The molecule has 42 valence electrons. The van der Waals surface area contributed by atoms with Crippen molar-refractivity contribution in [2.24, 2.45) is 5.92 Å². The summed E-state index contributed by atoms with van der Waals surface area (Å²) >= 11 is 1.80. The number of rotatable bonds is 1. The second kappa shape index (κ2) is 2.44. The van der Waals surface area contributed by atoms with Gasteiger partial charge in [-0.1, -0.05) is 24.3 Å². The Labute approximate surface area is 61.6 Å². The Morgan fingerprint density at radius 2 is 1.88 bits per heavy atom. The third-order valence-electron chi connectivity index (χ3n) is 1.01. The molecular formula is C6H5IO. The Kier molecular flexibility index (Phi) is 1.83. The van der Waals surface area contributed by atoms with Gasteiger partial charge in [0.15, 0.2) is 0 Å². The number of allylic oxidation sites excluding steroid dienone is 4. The Bertz CT molecular complexity index is 146. The molecule has 0 aromatic rings. The number of hydrogen-bond donors (Lipinski definition) is 0. The minimum atomic E-state index is 0.0515. The lowest BCUT2D eigenvalue weighted by Gasteiger charge is -1.91. The maximum absolute atomic E-state index is 10.5. The second-order valence-corrected chi connectivity index (χ2v) is 2.66. The van der Waals surface area contributed by atoms with Gasteiger partial charge < -0.3 is 0 Å². The van der Waals surface area contributed by atoms with Crippen LogP contribution in [0, 0.1) is 5.92 Å². The molecule has 0 saturated carbocycles. The van der Waals surface area contributed by atoms with Gasteiger partial charge in [0.1, 0.15) is 0 Å². The molecule has 0 amide bonds. The molecule has 8 heavy (non-hydrogen) atoms. The monoisotopic (exact) mass is 220 g/mol. The predicted octanol–water partition coefficient (Wildman–Crippen LogP) is 1.69. The van der Waals surface area contributed by atoms with E-state index in [1.807, 2.05) is 24.3 Å². The summed E-state index contributed by atoms with van der Waals surface area (Å²) in [4.78, 5) is 10.5. The van der Waals surface area contributed by atoms with Crippen LogP contribution < -0.4 is 0 Å². The first-order valence-corrected chi connectivity index (χ1v) is 3.43. The predicted molar refractivity (Wildman–Crippen MR) is 40.8 cm³/mol. The van der Waals surface area contributed by atoms with Crippen LogP contribution >= 0.6 is 22.6 Å². The largest absolute Gasteiger partial charge is 0.287 e. The molecule has 0 spiro atoms. The van der Waals surface area contributed by atoms with Crippen LogP contribution in [0.25, 0.3) is 0 Å². The van der Waals surface area contributed by atoms with Gasteiger partial charge in [-0.05, 0) is 0 Å². The SMILES string of the molecule is O=C(I)C1C=CC=C1. The second-order valence-electron chi connectivity index (χ2n) is 1.60. The van der Waals surface area contributed by atoms with Gasteiger partial charge in [-0.2, -0.15) is 0 Å². The molecule has 0 aromatic heterocycles. The lowest BCUT2D eigenvalue weighted by Crippen LogP contribution is -1.96. The van der Waals surface area contributed by atoms with Crippen LogP contribution in [-0.4, -0.2) is 3.79 Å². The standard InChI is InChI=1S/C6H5IO/c7-6(8)5-3-1-2-4-5/h1-5H. The molecule has 1 aliphatic rings. The molecule has 0 aliphatic heterocycles. The number of hydrogen-bond acceptors (Lipinski definition) is 1. The van der Waals surface area contributed by atoms with Crippen molar-refractivity contribution in [3.63, 3.8) is 0 Å². The fourth-order valence-electron chi connectivity index (χ4n) is 0.583. The third kappa shape index (κ3) is 1.18. The van der Waals surface area contributed by atoms with Crippen molar-refractivity contribution in [2.45, 2.75) is 0 Å². The molecule has 2 heteroatoms. The van der Waals surface area contributed by atoms with Crippen LogP contribution in [0.3, 0.4) is 0 Å². The zero-order valence-corrected chi connectivity index (χ0v) is 6.33. The van der Waals surface area contributed by atoms with Crippen LogP contribution in [0.2, 0.25) is 0 Å². The topological polar surface area (TPSA) is 17.1 Å². The zero-order chi connectivity index (χ0) is 5.98. The van der Waals surface area contributed by atoms with Crippen molar-refractivity contribution in [3.8, 4) is 0 Å². The van der Waals surface area contributed by atoms with Crippen LogP contribution in [0.4, 0.5) is 0 Å². The quantitative estimate of drug-likeness (QED) is 0.485. The van der Waals surface area contributed by atoms with Gasteiger partial charge in [0.25, 0.3) is 0 Å². The summed E-state index contributed by atoms with van der Waals surface area (Å²) in [6, 6.07) is 0. The average molecular weight is 220 g/mol. The Balaban J connectivity index is 2.62. The summed E-state index contributed by atoms with van der Waals surface area (Å²) in [7, 11) is 0. The molecule has 0 fully saturated rings. The first kappa shape index (κ1) is 6.01. The van der Waals surface area contributed by atoms with E-state index < -0.39 is 0 Å². The van der Waals surface area contributed by atoms with Crippen LogP contribution in [-0.2, 0) is 4.79 Å². The number of halogens is 1. The van der Waals surface area contributed by atoms with E-state index in [0.29, 0.717) is 0 Å². The molecule has 0 radical (unpaired) electrons. The summed E-state index contributed by atoms with van der Waals surface area (Å²) < 4.78 is 0.188. The van der Waals surface area contributed by atoms with E-state index in [1.54, 1.807) is 22.6 Å². The van der Waals surface area contributed by atoms with E-state index >= 15 is 0 Å². The number of carbonyl (C=O) groups excluding carboxylic acids is 1. The van der Waals surface area contributed by atoms with Crippen LogP contribution in [0.1, 0.15) is 0 Å². The molecule has 0 unspecified atom stereocenters. The Morgan fingerprint density at radius 3 is 2.12 bits per heavy atom. The van der Waals surface area contributed by atoms with E-state index in [1.165, 1.54) is 0 Å². The van der Waals surface area contributed by atoms with Gasteiger partial charge >= 0.3 is 0 Å². The highest BCUT2D eigenvalue weighted by Gasteiger charge is 2.08. The summed E-state index contributed by atoms with van der Waals surface area (Å²) in [5, 5.41) is 0. The van der Waals surface area contributed by atoms with Crippen molar-refractivity contribution in [2.75, 3.05) is 0 Å². The molecule has 1 aliphatic carbocycles. The normalized spacial score (nSPS) is 17.6. The highest BCUT2D eigenvalue weighted by Crippen LogP contribution is 2.12. The van der Waals surface area contributed by atoms with Crippen molar-refractivity contribution in [1.29, 1.82) is 0 Å². The van der Waals surface area contributed by atoms with Gasteiger partial charge in [0.2, 0.25) is 3.79 Å². The lowest BCUT2D eigenvalue weighted by molar-refractivity contribution is -0.110. The van der Waals surface area contributed by atoms with Crippen molar-refractivity contribution >= 4 is 26.4 Å². The van der Waals surface area contributed by atoms with E-state index in [-0.39, 0.29) is 9.71 Å². The van der Waals surface area contributed by atoms with E-state index in [0.717, 1.165) is 0 Å². The average Bonchev–Trinajstić information content (AvgIpc) is 2.12. The first-order chi connectivity index (χ1) is 3.80. The molecule has 0 heterocycles. The maximum Gasteiger partial charge on any atom is 0.202 e. The van der Waals surface area contributed by atoms with Crippen LogP contribution in [0.5, 0.6) is 0 Å². The first-order valence-electron chi connectivity index (χ1n) is 2.35. The molecule has 0 atom stereocenters. The molecule has 1 rings (SSSR count). The van der Waals surface area contributed by atoms with Crippen molar-refractivity contribution in [3.05, 3.63) is 24.3 Å². The molecule has 1 nitrogen and oxygen atoms in total. The smallest absolute Gasteiger partial charge is 0.202 e. The van der Waals surface area contributed by atoms with Gasteiger partial charge in [0.05, 0.1) is 5.92 Å². The van der Waals surface area contributed by atoms with E-state index in [9.17, 15) is 4.79 Å². The van der Waals surface area contributed by atoms with Crippen LogP contribution in [0.15, 0.2) is 24.3 Å². The molecule has 0 saturated heterocycles. The lowest BCUT2D eigenvalue weighted by atomic mass is 10.2. The minimum absolute atomic E-state index is 0.0515. The van der Waals surface area contributed by atoms with Gasteiger partial charge in [0, 0.05) is 22.6 Å². The molecule has 0 aromatic carbocycles. The Morgan fingerprint density at radius 1 is 1.38 bits per heavy atom. The Hall–Kier alpha value is -0.120. The molecule has 0 N–H and O–H groups in total. The molecular weight excluding hydrogens is 215 g/mol. The minimum Gasteiger partial charge on any atom is -0.287 e. The van der Waals surface area contributed by atoms with Gasteiger partial charge in [-0.3, -0.25) is 4.79 Å².